The lowest BCUT2D eigenvalue weighted by Gasteiger charge is -2.05. The van der Waals surface area contributed by atoms with Gasteiger partial charge >= 0.3 is 5.97 Å². The number of aliphatic carboxylic acids is 1. The highest BCUT2D eigenvalue weighted by molar-refractivity contribution is 5.93. The zero-order valence-corrected chi connectivity index (χ0v) is 10.9. The second-order valence-corrected chi connectivity index (χ2v) is 4.38. The summed E-state index contributed by atoms with van der Waals surface area (Å²) in [6, 6.07) is 10.2. The van der Waals surface area contributed by atoms with Crippen LogP contribution in [-0.4, -0.2) is 23.5 Å². The number of carbonyl (C=O) groups excluding carboxylic acids is 1. The maximum absolute atomic E-state index is 11.4. The van der Waals surface area contributed by atoms with Gasteiger partial charge in [-0.25, -0.2) is 4.79 Å². The Labute approximate surface area is 113 Å². The number of aryl methyl sites for hydroxylation is 1. The molecule has 0 spiro atoms. The van der Waals surface area contributed by atoms with Crippen molar-refractivity contribution in [2.24, 2.45) is 0 Å². The minimum absolute atomic E-state index is 0.0817. The van der Waals surface area contributed by atoms with Gasteiger partial charge in [0.05, 0.1) is 6.42 Å². The number of amides is 1. The third-order valence-corrected chi connectivity index (χ3v) is 2.73. The zero-order valence-electron chi connectivity index (χ0n) is 10.9. The second-order valence-electron chi connectivity index (χ2n) is 4.38. The fraction of sp³-hybridized carbons (Fsp3) is 0.333. The third kappa shape index (κ3) is 6.41. The first kappa shape index (κ1) is 15.0. The molecule has 0 saturated heterocycles. The second kappa shape index (κ2) is 8.08. The molecule has 0 unspecified atom stereocenters. The van der Waals surface area contributed by atoms with E-state index in [0.717, 1.165) is 19.3 Å². The fourth-order valence-electron chi connectivity index (χ4n) is 1.66. The number of carbonyl (C=O) groups is 2. The van der Waals surface area contributed by atoms with Crippen molar-refractivity contribution in [1.29, 1.82) is 0 Å². The molecule has 0 aliphatic heterocycles. The van der Waals surface area contributed by atoms with Crippen LogP contribution in [0.1, 0.15) is 24.8 Å². The number of hydrogen-bond donors (Lipinski definition) is 2. The molecule has 1 amide bonds. The van der Waals surface area contributed by atoms with Crippen LogP contribution >= 0.6 is 0 Å². The van der Waals surface area contributed by atoms with Gasteiger partial charge in [0, 0.05) is 12.1 Å². The molecule has 0 saturated carbocycles. The van der Waals surface area contributed by atoms with E-state index in [9.17, 15) is 9.59 Å². The van der Waals surface area contributed by atoms with Gasteiger partial charge in [-0.1, -0.05) is 36.9 Å². The Morgan fingerprint density at radius 2 is 1.84 bits per heavy atom. The maximum Gasteiger partial charge on any atom is 0.331 e. The van der Waals surface area contributed by atoms with Crippen LogP contribution in [0.5, 0.6) is 0 Å². The molecular formula is C15H19NO3. The minimum atomic E-state index is -1.13. The molecule has 1 aromatic carbocycles. The van der Waals surface area contributed by atoms with Crippen LogP contribution in [0.25, 0.3) is 0 Å². The predicted molar refractivity (Wildman–Crippen MR) is 73.8 cm³/mol. The molecule has 0 bridgehead atoms. The quantitative estimate of drug-likeness (QED) is 0.556. The summed E-state index contributed by atoms with van der Waals surface area (Å²) in [5.41, 5.74) is 1.20. The highest BCUT2D eigenvalue weighted by atomic mass is 16.4. The Kier molecular flexibility index (Phi) is 6.36. The smallest absolute Gasteiger partial charge is 0.331 e. The average Bonchev–Trinajstić information content (AvgIpc) is 2.39. The Bertz CT molecular complexity index is 440. The van der Waals surface area contributed by atoms with Crippen LogP contribution in [0.3, 0.4) is 0 Å². The van der Waals surface area contributed by atoms with Gasteiger partial charge in [0.25, 0.3) is 0 Å². The van der Waals surface area contributed by atoms with Crippen molar-refractivity contribution in [3.8, 4) is 0 Å². The van der Waals surface area contributed by atoms with Crippen molar-refractivity contribution in [3.63, 3.8) is 0 Å². The summed E-state index contributed by atoms with van der Waals surface area (Å²) >= 11 is 0. The lowest BCUT2D eigenvalue weighted by Crippen LogP contribution is -2.25. The molecule has 0 heterocycles. The van der Waals surface area contributed by atoms with Crippen molar-refractivity contribution in [2.75, 3.05) is 6.54 Å². The lowest BCUT2D eigenvalue weighted by molar-refractivity contribution is -0.134. The van der Waals surface area contributed by atoms with Gasteiger partial charge in [-0.15, -0.1) is 0 Å². The normalized spacial score (nSPS) is 9.89. The van der Waals surface area contributed by atoms with E-state index in [1.54, 1.807) is 0 Å². The molecule has 0 radical (unpaired) electrons. The number of nitrogens with one attached hydrogen (secondary N) is 1. The molecule has 4 heteroatoms. The van der Waals surface area contributed by atoms with Gasteiger partial charge < -0.3 is 10.4 Å². The molecule has 1 rings (SSSR count). The number of unbranched alkanes of at least 4 members (excludes halogenated alkanes) is 1. The molecular weight excluding hydrogens is 242 g/mol. The Balaban J connectivity index is 2.09. The van der Waals surface area contributed by atoms with Crippen molar-refractivity contribution in [1.82, 2.24) is 5.32 Å². The predicted octanol–water partition coefficient (Wildman–Crippen LogP) is 2.16. The van der Waals surface area contributed by atoms with Gasteiger partial charge in [-0.05, 0) is 24.8 Å². The largest absolute Gasteiger partial charge is 0.478 e. The van der Waals surface area contributed by atoms with E-state index >= 15 is 0 Å². The van der Waals surface area contributed by atoms with Crippen molar-refractivity contribution >= 4 is 11.9 Å². The van der Waals surface area contributed by atoms with Gasteiger partial charge in [0.1, 0.15) is 0 Å². The van der Waals surface area contributed by atoms with Crippen molar-refractivity contribution in [2.45, 2.75) is 25.7 Å². The standard InChI is InChI=1S/C15H19NO3/c1-12(15(18)19)11-14(17)16-10-6-5-9-13-7-3-2-4-8-13/h2-4,7-8H,1,5-6,9-11H2,(H,16,17)(H,18,19). The van der Waals surface area contributed by atoms with Crippen LogP contribution in [0.15, 0.2) is 42.5 Å². The molecule has 1 aromatic rings. The highest BCUT2D eigenvalue weighted by Gasteiger charge is 2.09. The SMILES string of the molecule is C=C(CC(=O)NCCCCc1ccccc1)C(=O)O. The lowest BCUT2D eigenvalue weighted by atomic mass is 10.1. The number of rotatable bonds is 8. The highest BCUT2D eigenvalue weighted by Crippen LogP contribution is 2.04. The Morgan fingerprint density at radius 1 is 1.16 bits per heavy atom. The summed E-state index contributed by atoms with van der Waals surface area (Å²) in [7, 11) is 0. The van der Waals surface area contributed by atoms with E-state index in [1.807, 2.05) is 18.2 Å². The molecule has 0 atom stereocenters. The summed E-state index contributed by atoms with van der Waals surface area (Å²) in [6.45, 7) is 3.89. The summed E-state index contributed by atoms with van der Waals surface area (Å²) in [5.74, 6) is -1.41. The van der Waals surface area contributed by atoms with Crippen molar-refractivity contribution in [3.05, 3.63) is 48.0 Å². The van der Waals surface area contributed by atoms with E-state index < -0.39 is 5.97 Å². The van der Waals surface area contributed by atoms with Gasteiger partial charge in [-0.3, -0.25) is 4.79 Å². The van der Waals surface area contributed by atoms with Crippen LogP contribution in [0.4, 0.5) is 0 Å². The number of benzene rings is 1. The zero-order chi connectivity index (χ0) is 14.1. The van der Waals surface area contributed by atoms with Crippen LogP contribution in [-0.2, 0) is 16.0 Å². The monoisotopic (exact) mass is 261 g/mol. The van der Waals surface area contributed by atoms with Crippen LogP contribution < -0.4 is 5.32 Å². The first-order valence-electron chi connectivity index (χ1n) is 6.31. The van der Waals surface area contributed by atoms with Crippen molar-refractivity contribution < 1.29 is 14.7 Å². The summed E-state index contributed by atoms with van der Waals surface area (Å²) in [5, 5.41) is 11.3. The fourth-order valence-corrected chi connectivity index (χ4v) is 1.66. The van der Waals surface area contributed by atoms with Gasteiger partial charge in [-0.2, -0.15) is 0 Å². The van der Waals surface area contributed by atoms with E-state index in [-0.39, 0.29) is 17.9 Å². The molecule has 19 heavy (non-hydrogen) atoms. The van der Waals surface area contributed by atoms with E-state index in [4.69, 9.17) is 5.11 Å². The average molecular weight is 261 g/mol. The summed E-state index contributed by atoms with van der Waals surface area (Å²) in [6.07, 6.45) is 2.71. The number of hydrogen-bond acceptors (Lipinski definition) is 2. The number of carboxylic acid groups (broad SMARTS) is 1. The summed E-state index contributed by atoms with van der Waals surface area (Å²) in [4.78, 5) is 21.8. The molecule has 0 aliphatic rings. The molecule has 0 fully saturated rings. The van der Waals surface area contributed by atoms with Crippen LogP contribution in [0.2, 0.25) is 0 Å². The van der Waals surface area contributed by atoms with E-state index in [1.165, 1.54) is 5.56 Å². The van der Waals surface area contributed by atoms with Gasteiger partial charge in [0.15, 0.2) is 0 Å². The molecule has 0 aliphatic carbocycles. The maximum atomic E-state index is 11.4. The van der Waals surface area contributed by atoms with Gasteiger partial charge in [0.2, 0.25) is 5.91 Å². The van der Waals surface area contributed by atoms with Crippen LogP contribution in [0, 0.1) is 0 Å². The van der Waals surface area contributed by atoms with E-state index in [0.29, 0.717) is 6.54 Å². The first-order chi connectivity index (χ1) is 9.09. The first-order valence-corrected chi connectivity index (χ1v) is 6.31. The molecule has 4 nitrogen and oxygen atoms in total. The Hall–Kier alpha value is -2.10. The summed E-state index contributed by atoms with van der Waals surface area (Å²) < 4.78 is 0. The molecule has 102 valence electrons. The third-order valence-electron chi connectivity index (χ3n) is 2.73. The molecule has 2 N–H and O–H groups in total. The Morgan fingerprint density at radius 3 is 2.47 bits per heavy atom. The topological polar surface area (TPSA) is 66.4 Å². The number of carboxylic acids is 1. The minimum Gasteiger partial charge on any atom is -0.478 e. The van der Waals surface area contributed by atoms with E-state index in [2.05, 4.69) is 24.0 Å². The molecule has 0 aromatic heterocycles.